The number of piperidine rings is 1. The molecule has 0 bridgehead atoms. The summed E-state index contributed by atoms with van der Waals surface area (Å²) >= 11 is 0. The predicted octanol–water partition coefficient (Wildman–Crippen LogP) is 4.26. The minimum atomic E-state index is -0.425. The van der Waals surface area contributed by atoms with Gasteiger partial charge in [0.15, 0.2) is 17.2 Å². The van der Waals surface area contributed by atoms with Crippen molar-refractivity contribution in [2.45, 2.75) is 26.2 Å². The molecule has 2 aliphatic rings. The van der Waals surface area contributed by atoms with E-state index in [1.165, 1.54) is 18.2 Å². The topological polar surface area (TPSA) is 59.6 Å². The van der Waals surface area contributed by atoms with Gasteiger partial charge in [-0.3, -0.25) is 4.79 Å². The predicted molar refractivity (Wildman–Crippen MR) is 105 cm³/mol. The highest BCUT2D eigenvalue weighted by atomic mass is 19.1. The Balaban J connectivity index is 1.53. The molecule has 1 aliphatic carbocycles. The number of anilines is 1. The first kappa shape index (κ1) is 18.7. The summed E-state index contributed by atoms with van der Waals surface area (Å²) in [5, 5.41) is 6.22. The molecule has 6 heteroatoms. The standard InChI is InChI=1S/C22H25FN2O3/c1-14-3-5-19(20(11-14)27-2)28-18-6-4-15(23)12-17(18)25-21(26)16-13-22(16)7-9-24-10-8-22/h3-6,11-12,16,24H,7-10,13H2,1-2H3,(H,25,26). The quantitative estimate of drug-likeness (QED) is 0.809. The Hall–Kier alpha value is -2.60. The number of hydrogen-bond acceptors (Lipinski definition) is 4. The van der Waals surface area contributed by atoms with Crippen LogP contribution in [0.4, 0.5) is 10.1 Å². The summed E-state index contributed by atoms with van der Waals surface area (Å²) in [6, 6.07) is 9.71. The number of amides is 1. The van der Waals surface area contributed by atoms with Crippen molar-refractivity contribution in [3.05, 3.63) is 47.8 Å². The van der Waals surface area contributed by atoms with Crippen molar-refractivity contribution >= 4 is 11.6 Å². The van der Waals surface area contributed by atoms with Crippen LogP contribution in [0.15, 0.2) is 36.4 Å². The van der Waals surface area contributed by atoms with Crippen LogP contribution in [0.2, 0.25) is 0 Å². The number of carbonyl (C=O) groups excluding carboxylic acids is 1. The maximum Gasteiger partial charge on any atom is 0.228 e. The van der Waals surface area contributed by atoms with Gasteiger partial charge in [0.05, 0.1) is 12.8 Å². The largest absolute Gasteiger partial charge is 0.493 e. The Morgan fingerprint density at radius 3 is 2.64 bits per heavy atom. The Labute approximate surface area is 164 Å². The minimum Gasteiger partial charge on any atom is -0.493 e. The van der Waals surface area contributed by atoms with Crippen molar-refractivity contribution in [1.29, 1.82) is 0 Å². The van der Waals surface area contributed by atoms with E-state index in [0.29, 0.717) is 22.9 Å². The van der Waals surface area contributed by atoms with E-state index in [2.05, 4.69) is 10.6 Å². The van der Waals surface area contributed by atoms with Gasteiger partial charge in [-0.1, -0.05) is 6.07 Å². The summed E-state index contributed by atoms with van der Waals surface area (Å²) in [7, 11) is 1.57. The zero-order valence-electron chi connectivity index (χ0n) is 16.2. The Morgan fingerprint density at radius 2 is 1.89 bits per heavy atom. The average Bonchev–Trinajstić information content (AvgIpc) is 3.38. The monoisotopic (exact) mass is 384 g/mol. The van der Waals surface area contributed by atoms with Gasteiger partial charge in [-0.2, -0.15) is 0 Å². The molecule has 1 aliphatic heterocycles. The van der Waals surface area contributed by atoms with Crippen LogP contribution in [-0.2, 0) is 4.79 Å². The van der Waals surface area contributed by atoms with Gasteiger partial charge >= 0.3 is 0 Å². The molecule has 2 aromatic rings. The number of benzene rings is 2. The third kappa shape index (κ3) is 3.69. The zero-order valence-corrected chi connectivity index (χ0v) is 16.2. The summed E-state index contributed by atoms with van der Waals surface area (Å²) in [6.45, 7) is 3.86. The van der Waals surface area contributed by atoms with Crippen molar-refractivity contribution in [3.8, 4) is 17.2 Å². The van der Waals surface area contributed by atoms with E-state index in [9.17, 15) is 9.18 Å². The molecule has 1 spiro atoms. The SMILES string of the molecule is COc1cc(C)ccc1Oc1ccc(F)cc1NC(=O)C1CC12CCNCC2. The van der Waals surface area contributed by atoms with Gasteiger partial charge in [0.25, 0.3) is 0 Å². The molecule has 1 amide bonds. The van der Waals surface area contributed by atoms with E-state index >= 15 is 0 Å². The molecule has 1 saturated carbocycles. The lowest BCUT2D eigenvalue weighted by atomic mass is 9.92. The van der Waals surface area contributed by atoms with Crippen LogP contribution in [0.25, 0.3) is 0 Å². The molecule has 5 nitrogen and oxygen atoms in total. The van der Waals surface area contributed by atoms with Crippen molar-refractivity contribution < 1.29 is 18.7 Å². The fraction of sp³-hybridized carbons (Fsp3) is 0.409. The molecule has 4 rings (SSSR count). The second-order valence-corrected chi connectivity index (χ2v) is 7.76. The van der Waals surface area contributed by atoms with E-state index in [4.69, 9.17) is 9.47 Å². The average molecular weight is 384 g/mol. The molecule has 28 heavy (non-hydrogen) atoms. The van der Waals surface area contributed by atoms with Crippen LogP contribution in [0.1, 0.15) is 24.8 Å². The maximum atomic E-state index is 13.9. The molecule has 148 valence electrons. The van der Waals surface area contributed by atoms with Crippen LogP contribution in [-0.4, -0.2) is 26.1 Å². The van der Waals surface area contributed by atoms with Gasteiger partial charge in [0, 0.05) is 12.0 Å². The van der Waals surface area contributed by atoms with Gasteiger partial charge in [0.2, 0.25) is 5.91 Å². The Bertz CT molecular complexity index is 893. The summed E-state index contributed by atoms with van der Waals surface area (Å²) in [5.41, 5.74) is 1.49. The lowest BCUT2D eigenvalue weighted by Gasteiger charge is -2.23. The second kappa shape index (κ2) is 7.43. The molecule has 1 heterocycles. The normalized spacial score (nSPS) is 19.9. The van der Waals surface area contributed by atoms with Gasteiger partial charge in [-0.05, 0) is 74.5 Å². The van der Waals surface area contributed by atoms with Gasteiger partial charge in [-0.25, -0.2) is 4.39 Å². The summed E-state index contributed by atoms with van der Waals surface area (Å²) < 4.78 is 25.2. The third-order valence-electron chi connectivity index (χ3n) is 5.84. The lowest BCUT2D eigenvalue weighted by Crippen LogP contribution is -2.31. The first-order valence-corrected chi connectivity index (χ1v) is 9.64. The Kier molecular flexibility index (Phi) is 4.98. The zero-order chi connectivity index (χ0) is 19.7. The third-order valence-corrected chi connectivity index (χ3v) is 5.84. The van der Waals surface area contributed by atoms with Gasteiger partial charge in [0.1, 0.15) is 5.82 Å². The van der Waals surface area contributed by atoms with E-state index < -0.39 is 5.82 Å². The van der Waals surface area contributed by atoms with Crippen LogP contribution in [0.5, 0.6) is 17.2 Å². The lowest BCUT2D eigenvalue weighted by molar-refractivity contribution is -0.118. The van der Waals surface area contributed by atoms with Gasteiger partial charge < -0.3 is 20.1 Å². The molecule has 1 saturated heterocycles. The molecule has 2 N–H and O–H groups in total. The van der Waals surface area contributed by atoms with Crippen LogP contribution < -0.4 is 20.1 Å². The summed E-state index contributed by atoms with van der Waals surface area (Å²) in [4.78, 5) is 12.8. The van der Waals surface area contributed by atoms with E-state index in [0.717, 1.165) is 37.9 Å². The maximum absolute atomic E-state index is 13.9. The number of rotatable bonds is 5. The summed E-state index contributed by atoms with van der Waals surface area (Å²) in [6.07, 6.45) is 2.92. The van der Waals surface area contributed by atoms with Gasteiger partial charge in [-0.15, -0.1) is 0 Å². The van der Waals surface area contributed by atoms with Crippen LogP contribution in [0, 0.1) is 24.1 Å². The molecular weight excluding hydrogens is 359 g/mol. The number of hydrogen-bond donors (Lipinski definition) is 2. The highest BCUT2D eigenvalue weighted by Crippen LogP contribution is 2.59. The van der Waals surface area contributed by atoms with Crippen LogP contribution in [0.3, 0.4) is 0 Å². The highest BCUT2D eigenvalue weighted by molar-refractivity contribution is 5.96. The number of halogens is 1. The van der Waals surface area contributed by atoms with E-state index in [1.54, 1.807) is 13.2 Å². The fourth-order valence-electron chi connectivity index (χ4n) is 4.08. The first-order chi connectivity index (χ1) is 13.5. The smallest absolute Gasteiger partial charge is 0.228 e. The molecule has 2 aromatic carbocycles. The molecular formula is C22H25FN2O3. The van der Waals surface area contributed by atoms with E-state index in [-0.39, 0.29) is 17.2 Å². The number of ether oxygens (including phenoxy) is 2. The minimum absolute atomic E-state index is 0.0142. The number of aryl methyl sites for hydroxylation is 1. The van der Waals surface area contributed by atoms with Crippen molar-refractivity contribution in [2.24, 2.45) is 11.3 Å². The van der Waals surface area contributed by atoms with E-state index in [1.807, 2.05) is 19.1 Å². The summed E-state index contributed by atoms with van der Waals surface area (Å²) in [5.74, 6) is 0.976. The van der Waals surface area contributed by atoms with Crippen molar-refractivity contribution in [1.82, 2.24) is 5.32 Å². The Morgan fingerprint density at radius 1 is 1.14 bits per heavy atom. The molecule has 2 fully saturated rings. The van der Waals surface area contributed by atoms with Crippen molar-refractivity contribution in [2.75, 3.05) is 25.5 Å². The van der Waals surface area contributed by atoms with Crippen LogP contribution >= 0.6 is 0 Å². The molecule has 1 unspecified atom stereocenters. The number of methoxy groups -OCH3 is 1. The second-order valence-electron chi connectivity index (χ2n) is 7.76. The molecule has 0 aromatic heterocycles. The number of nitrogens with one attached hydrogen (secondary N) is 2. The first-order valence-electron chi connectivity index (χ1n) is 9.64. The number of carbonyl (C=O) groups is 1. The molecule has 0 radical (unpaired) electrons. The van der Waals surface area contributed by atoms with Crippen molar-refractivity contribution in [3.63, 3.8) is 0 Å². The molecule has 1 atom stereocenters. The fourth-order valence-corrected chi connectivity index (χ4v) is 4.08. The highest BCUT2D eigenvalue weighted by Gasteiger charge is 2.57.